The van der Waals surface area contributed by atoms with Gasteiger partial charge in [0.25, 0.3) is 0 Å². The summed E-state index contributed by atoms with van der Waals surface area (Å²) in [5, 5.41) is 0.691. The lowest BCUT2D eigenvalue weighted by atomic mass is 10.1. The Morgan fingerprint density at radius 3 is 2.39 bits per heavy atom. The third-order valence-corrected chi connectivity index (χ3v) is 2.92. The van der Waals surface area contributed by atoms with Crippen LogP contribution in [0.25, 0.3) is 0 Å². The Morgan fingerprint density at radius 2 is 1.89 bits per heavy atom. The number of aliphatic imine (C=N–C) groups is 1. The lowest BCUT2D eigenvalue weighted by Crippen LogP contribution is -2.38. The van der Waals surface area contributed by atoms with Gasteiger partial charge in [0.1, 0.15) is 12.4 Å². The van der Waals surface area contributed by atoms with Gasteiger partial charge in [-0.25, -0.2) is 4.99 Å². The minimum Gasteiger partial charge on any atom is -0.478 e. The highest BCUT2D eigenvalue weighted by atomic mass is 35.5. The van der Waals surface area contributed by atoms with Gasteiger partial charge >= 0.3 is 0 Å². The predicted molar refractivity (Wildman–Crippen MR) is 73.6 cm³/mol. The molecule has 4 heteroatoms. The molecule has 0 atom stereocenters. The third kappa shape index (κ3) is 2.96. The fraction of sp³-hybridized carbons (Fsp3) is 0.500. The Kier molecular flexibility index (Phi) is 3.28. The van der Waals surface area contributed by atoms with Crippen molar-refractivity contribution in [1.82, 2.24) is 0 Å². The molecule has 0 bridgehead atoms. The van der Waals surface area contributed by atoms with Crippen LogP contribution in [0, 0.1) is 0 Å². The Labute approximate surface area is 113 Å². The monoisotopic (exact) mass is 267 g/mol. The van der Waals surface area contributed by atoms with Gasteiger partial charge in [-0.1, -0.05) is 11.6 Å². The van der Waals surface area contributed by atoms with Crippen LogP contribution < -0.4 is 4.74 Å². The van der Waals surface area contributed by atoms with E-state index in [-0.39, 0.29) is 5.54 Å². The lowest BCUT2D eigenvalue weighted by Gasteiger charge is -2.25. The van der Waals surface area contributed by atoms with Gasteiger partial charge in [-0.3, -0.25) is 0 Å². The molecule has 1 aromatic rings. The molecule has 1 aliphatic rings. The molecular formula is C14H18ClNO2. The number of benzene rings is 1. The topological polar surface area (TPSA) is 30.8 Å². The summed E-state index contributed by atoms with van der Waals surface area (Å²) in [5.74, 6) is 1.39. The van der Waals surface area contributed by atoms with Crippen LogP contribution in [0.3, 0.4) is 0 Å². The van der Waals surface area contributed by atoms with E-state index in [4.69, 9.17) is 21.1 Å². The molecule has 0 saturated carbocycles. The van der Waals surface area contributed by atoms with Crippen LogP contribution in [0.2, 0.25) is 5.02 Å². The van der Waals surface area contributed by atoms with Gasteiger partial charge in [-0.15, -0.1) is 0 Å². The van der Waals surface area contributed by atoms with E-state index in [1.165, 1.54) is 0 Å². The zero-order valence-electron chi connectivity index (χ0n) is 11.2. The molecule has 1 aromatic carbocycles. The highest BCUT2D eigenvalue weighted by Crippen LogP contribution is 2.27. The molecule has 0 unspecified atom stereocenters. The molecule has 2 rings (SSSR count). The summed E-state index contributed by atoms with van der Waals surface area (Å²) >= 11 is 5.84. The summed E-state index contributed by atoms with van der Waals surface area (Å²) < 4.78 is 11.5. The zero-order valence-corrected chi connectivity index (χ0v) is 11.9. The van der Waals surface area contributed by atoms with Crippen molar-refractivity contribution in [3.8, 4) is 5.75 Å². The van der Waals surface area contributed by atoms with Gasteiger partial charge in [-0.2, -0.15) is 0 Å². The Balaban J connectivity index is 2.15. The maximum absolute atomic E-state index is 5.92. The molecule has 0 radical (unpaired) electrons. The number of ether oxygens (including phenoxy) is 2. The quantitative estimate of drug-likeness (QED) is 0.836. The van der Waals surface area contributed by atoms with Crippen molar-refractivity contribution in [2.24, 2.45) is 4.99 Å². The molecule has 0 amide bonds. The first kappa shape index (κ1) is 13.2. The van der Waals surface area contributed by atoms with Crippen molar-refractivity contribution in [1.29, 1.82) is 0 Å². The third-order valence-electron chi connectivity index (χ3n) is 2.67. The second-order valence-corrected chi connectivity index (χ2v) is 6.02. The van der Waals surface area contributed by atoms with Crippen LogP contribution in [-0.4, -0.2) is 23.6 Å². The SMILES string of the molecule is CC1(C)COC(C(C)(C)Oc2ccc(Cl)cc2)=N1. The summed E-state index contributed by atoms with van der Waals surface area (Å²) in [5.41, 5.74) is -0.752. The fourth-order valence-corrected chi connectivity index (χ4v) is 1.86. The molecule has 0 fully saturated rings. The van der Waals surface area contributed by atoms with Crippen LogP contribution in [0.15, 0.2) is 29.3 Å². The molecule has 1 heterocycles. The van der Waals surface area contributed by atoms with Crippen molar-refractivity contribution in [3.05, 3.63) is 29.3 Å². The van der Waals surface area contributed by atoms with Crippen LogP contribution in [-0.2, 0) is 4.74 Å². The Hall–Kier alpha value is -1.22. The second-order valence-electron chi connectivity index (χ2n) is 5.58. The first-order chi connectivity index (χ1) is 8.28. The fourth-order valence-electron chi connectivity index (χ4n) is 1.73. The molecule has 0 aliphatic carbocycles. The molecule has 1 aliphatic heterocycles. The number of hydrogen-bond acceptors (Lipinski definition) is 3. The van der Waals surface area contributed by atoms with Crippen LogP contribution in [0.5, 0.6) is 5.75 Å². The van der Waals surface area contributed by atoms with Crippen LogP contribution in [0.1, 0.15) is 27.7 Å². The average Bonchev–Trinajstić information content (AvgIpc) is 2.63. The highest BCUT2D eigenvalue weighted by molar-refractivity contribution is 6.30. The highest BCUT2D eigenvalue weighted by Gasteiger charge is 2.37. The Bertz CT molecular complexity index is 463. The van der Waals surface area contributed by atoms with Gasteiger partial charge in [0.2, 0.25) is 5.90 Å². The van der Waals surface area contributed by atoms with Crippen molar-refractivity contribution in [3.63, 3.8) is 0 Å². The molecule has 0 N–H and O–H groups in total. The standard InChI is InChI=1S/C14H18ClNO2/c1-13(2)9-17-12(16-13)14(3,4)18-11-7-5-10(15)6-8-11/h5-8H,9H2,1-4H3. The summed E-state index contributed by atoms with van der Waals surface area (Å²) in [6, 6.07) is 7.28. The molecule has 0 aromatic heterocycles. The van der Waals surface area contributed by atoms with Gasteiger partial charge in [0.15, 0.2) is 5.60 Å². The van der Waals surface area contributed by atoms with Gasteiger partial charge in [-0.05, 0) is 52.0 Å². The molecule has 98 valence electrons. The summed E-state index contributed by atoms with van der Waals surface area (Å²) in [4.78, 5) is 4.55. The summed E-state index contributed by atoms with van der Waals surface area (Å²) in [7, 11) is 0. The zero-order chi connectivity index (χ0) is 13.4. The number of hydrogen-bond donors (Lipinski definition) is 0. The van der Waals surface area contributed by atoms with E-state index in [1.54, 1.807) is 12.1 Å². The average molecular weight is 268 g/mol. The lowest BCUT2D eigenvalue weighted by molar-refractivity contribution is 0.143. The van der Waals surface area contributed by atoms with E-state index < -0.39 is 5.60 Å². The maximum atomic E-state index is 5.92. The van der Waals surface area contributed by atoms with Crippen molar-refractivity contribution in [2.75, 3.05) is 6.61 Å². The van der Waals surface area contributed by atoms with Crippen molar-refractivity contribution >= 4 is 17.5 Å². The Morgan fingerprint density at radius 1 is 1.28 bits per heavy atom. The maximum Gasteiger partial charge on any atom is 0.229 e. The minimum atomic E-state index is -0.582. The molecule has 3 nitrogen and oxygen atoms in total. The summed E-state index contributed by atoms with van der Waals surface area (Å²) in [6.07, 6.45) is 0. The van der Waals surface area contributed by atoms with E-state index in [1.807, 2.05) is 39.8 Å². The first-order valence-electron chi connectivity index (χ1n) is 5.96. The normalized spacial score (nSPS) is 18.2. The number of halogens is 1. The smallest absolute Gasteiger partial charge is 0.229 e. The molecule has 18 heavy (non-hydrogen) atoms. The number of rotatable bonds is 3. The van der Waals surface area contributed by atoms with E-state index in [2.05, 4.69) is 4.99 Å². The van der Waals surface area contributed by atoms with Gasteiger partial charge in [0, 0.05) is 5.02 Å². The number of nitrogens with zero attached hydrogens (tertiary/aromatic N) is 1. The van der Waals surface area contributed by atoms with E-state index >= 15 is 0 Å². The van der Waals surface area contributed by atoms with E-state index in [0.29, 0.717) is 17.5 Å². The van der Waals surface area contributed by atoms with Gasteiger partial charge < -0.3 is 9.47 Å². The van der Waals surface area contributed by atoms with Crippen LogP contribution in [0.4, 0.5) is 0 Å². The molecule has 0 saturated heterocycles. The predicted octanol–water partition coefficient (Wildman–Crippen LogP) is 3.70. The van der Waals surface area contributed by atoms with Gasteiger partial charge in [0.05, 0.1) is 5.54 Å². The molecule has 0 spiro atoms. The second kappa shape index (κ2) is 4.47. The van der Waals surface area contributed by atoms with E-state index in [9.17, 15) is 0 Å². The van der Waals surface area contributed by atoms with Crippen LogP contribution >= 0.6 is 11.6 Å². The van der Waals surface area contributed by atoms with Crippen molar-refractivity contribution < 1.29 is 9.47 Å². The molecular weight excluding hydrogens is 250 g/mol. The first-order valence-corrected chi connectivity index (χ1v) is 6.34. The largest absolute Gasteiger partial charge is 0.478 e. The van der Waals surface area contributed by atoms with Crippen molar-refractivity contribution in [2.45, 2.75) is 38.8 Å². The minimum absolute atomic E-state index is 0.171. The van der Waals surface area contributed by atoms with E-state index in [0.717, 1.165) is 5.75 Å². The summed E-state index contributed by atoms with van der Waals surface area (Å²) in [6.45, 7) is 8.57.